The molecule has 0 aromatic heterocycles. The minimum atomic E-state index is -1.30. The van der Waals surface area contributed by atoms with Crippen LogP contribution in [0.2, 0.25) is 0 Å². The molecule has 2 fully saturated rings. The van der Waals surface area contributed by atoms with Gasteiger partial charge in [-0.25, -0.2) is 0 Å². The monoisotopic (exact) mass is 678 g/mol. The molecular weight excluding hydrogens is 620 g/mol. The van der Waals surface area contributed by atoms with Crippen LogP contribution in [-0.2, 0) is 47.7 Å². The molecule has 3 rings (SSSR count). The van der Waals surface area contributed by atoms with E-state index < -0.39 is 95.1 Å². The van der Waals surface area contributed by atoms with Crippen LogP contribution >= 0.6 is 0 Å². The highest BCUT2D eigenvalue weighted by Crippen LogP contribution is 2.67. The lowest BCUT2D eigenvalue weighted by molar-refractivity contribution is -0.226. The molecule has 2 saturated carbocycles. The van der Waals surface area contributed by atoms with Crippen molar-refractivity contribution < 1.29 is 52.8 Å². The maximum atomic E-state index is 13.3. The zero-order valence-corrected chi connectivity index (χ0v) is 30.5. The van der Waals surface area contributed by atoms with E-state index in [-0.39, 0.29) is 38.0 Å². The van der Waals surface area contributed by atoms with Gasteiger partial charge in [0.05, 0.1) is 0 Å². The first-order valence-corrected chi connectivity index (χ1v) is 17.8. The summed E-state index contributed by atoms with van der Waals surface area (Å²) in [5, 5.41) is 11.7. The van der Waals surface area contributed by atoms with Crippen LogP contribution in [0.3, 0.4) is 0 Å². The van der Waals surface area contributed by atoms with Gasteiger partial charge in [-0.15, -0.1) is 0 Å². The predicted octanol–water partition coefficient (Wildman–Crippen LogP) is 5.63. The highest BCUT2D eigenvalue weighted by atomic mass is 16.6. The number of carbonyl (C=O) groups excluding carboxylic acids is 5. The first-order valence-electron chi connectivity index (χ1n) is 17.8. The van der Waals surface area contributed by atoms with Gasteiger partial charge in [-0.1, -0.05) is 61.5 Å². The van der Waals surface area contributed by atoms with Crippen molar-refractivity contribution in [1.29, 1.82) is 0 Å². The van der Waals surface area contributed by atoms with E-state index in [0.29, 0.717) is 24.8 Å². The number of fused-ring (bicyclic) bond motifs is 3. The molecule has 0 saturated heterocycles. The molecule has 0 aromatic rings. The lowest BCUT2D eigenvalue weighted by atomic mass is 9.49. The Morgan fingerprint density at radius 1 is 0.792 bits per heavy atom. The zero-order valence-electron chi connectivity index (χ0n) is 30.5. The Labute approximate surface area is 285 Å². The van der Waals surface area contributed by atoms with Gasteiger partial charge in [0.25, 0.3) is 0 Å². The molecule has 11 atom stereocenters. The van der Waals surface area contributed by atoms with Gasteiger partial charge < -0.3 is 28.8 Å². The first kappa shape index (κ1) is 39.5. The predicted molar refractivity (Wildman–Crippen MR) is 176 cm³/mol. The second-order valence-electron chi connectivity index (χ2n) is 14.7. The van der Waals surface area contributed by atoms with Crippen molar-refractivity contribution in [2.24, 2.45) is 34.5 Å². The Morgan fingerprint density at radius 3 is 1.79 bits per heavy atom. The maximum Gasteiger partial charge on any atom is 0.306 e. The van der Waals surface area contributed by atoms with E-state index in [4.69, 9.17) is 23.7 Å². The minimum absolute atomic E-state index is 0.0862. The van der Waals surface area contributed by atoms with Crippen molar-refractivity contribution in [3.8, 4) is 0 Å². The molecule has 0 aliphatic heterocycles. The Morgan fingerprint density at radius 2 is 1.31 bits per heavy atom. The molecule has 0 amide bonds. The standard InChI is InChI=1S/C37H58O11/c1-11-15-26(40)46-32-29(20(5)6)30-23-18-21(7)31(43)33(44-22(8)38)34(47-27(41)16-12-2)36(23,9)19-24(45-25(39)14-4)37(30,10)35(32)48-28(42)17-13-3/h18,20,23-24,29-35,43H,11-17,19H2,1-10H3/t23-,24+,29-,30+,31+,32-,33+,34-,35+,36-,37+/m1/s1. The fourth-order valence-corrected chi connectivity index (χ4v) is 8.62. The highest BCUT2D eigenvalue weighted by molar-refractivity contribution is 5.72. The van der Waals surface area contributed by atoms with E-state index in [9.17, 15) is 29.1 Å². The molecule has 1 N–H and O–H groups in total. The van der Waals surface area contributed by atoms with Crippen molar-refractivity contribution in [3.63, 3.8) is 0 Å². The molecule has 272 valence electrons. The number of carbonyl (C=O) groups is 5. The summed E-state index contributed by atoms with van der Waals surface area (Å²) in [5.41, 5.74) is -1.60. The largest absolute Gasteiger partial charge is 0.462 e. The van der Waals surface area contributed by atoms with Gasteiger partial charge in [0.2, 0.25) is 0 Å². The van der Waals surface area contributed by atoms with Crippen molar-refractivity contribution >= 4 is 29.8 Å². The average molecular weight is 679 g/mol. The van der Waals surface area contributed by atoms with Gasteiger partial charge in [0, 0.05) is 49.4 Å². The van der Waals surface area contributed by atoms with Crippen molar-refractivity contribution in [2.75, 3.05) is 0 Å². The third-order valence-electron chi connectivity index (χ3n) is 10.8. The van der Waals surface area contributed by atoms with E-state index in [1.54, 1.807) is 13.8 Å². The molecule has 0 bridgehead atoms. The van der Waals surface area contributed by atoms with Crippen LogP contribution in [0.25, 0.3) is 0 Å². The van der Waals surface area contributed by atoms with Gasteiger partial charge >= 0.3 is 29.8 Å². The molecule has 0 radical (unpaired) electrons. The van der Waals surface area contributed by atoms with E-state index in [1.807, 2.05) is 54.5 Å². The number of esters is 5. The molecule has 0 aromatic carbocycles. The normalized spacial score (nSPS) is 35.8. The minimum Gasteiger partial charge on any atom is -0.462 e. The van der Waals surface area contributed by atoms with Crippen LogP contribution in [0, 0.1) is 34.5 Å². The summed E-state index contributed by atoms with van der Waals surface area (Å²) >= 11 is 0. The number of aliphatic hydroxyl groups is 1. The molecule has 3 aliphatic carbocycles. The molecule has 48 heavy (non-hydrogen) atoms. The molecule has 0 unspecified atom stereocenters. The Balaban J connectivity index is 2.40. The summed E-state index contributed by atoms with van der Waals surface area (Å²) in [6.45, 7) is 18.2. The van der Waals surface area contributed by atoms with Gasteiger partial charge in [0.1, 0.15) is 30.5 Å². The average Bonchev–Trinajstić information content (AvgIpc) is 3.20. The highest BCUT2D eigenvalue weighted by Gasteiger charge is 2.74. The maximum absolute atomic E-state index is 13.3. The van der Waals surface area contributed by atoms with Crippen LogP contribution in [0.1, 0.15) is 121 Å². The molecule has 11 nitrogen and oxygen atoms in total. The Hall–Kier alpha value is -2.95. The lowest BCUT2D eigenvalue weighted by Crippen LogP contribution is -2.63. The lowest BCUT2D eigenvalue weighted by Gasteiger charge is -2.58. The van der Waals surface area contributed by atoms with Crippen LogP contribution < -0.4 is 0 Å². The second-order valence-corrected chi connectivity index (χ2v) is 14.7. The van der Waals surface area contributed by atoms with E-state index in [2.05, 4.69) is 0 Å². The molecule has 0 heterocycles. The summed E-state index contributed by atoms with van der Waals surface area (Å²) < 4.78 is 30.8. The van der Waals surface area contributed by atoms with Crippen molar-refractivity contribution in [3.05, 3.63) is 11.6 Å². The Kier molecular flexibility index (Phi) is 13.3. The summed E-state index contributed by atoms with van der Waals surface area (Å²) in [6, 6.07) is 0. The number of hydrogen-bond acceptors (Lipinski definition) is 11. The van der Waals surface area contributed by atoms with Crippen LogP contribution in [-0.4, -0.2) is 71.6 Å². The number of allylic oxidation sites excluding steroid dienone is 1. The molecule has 0 spiro atoms. The van der Waals surface area contributed by atoms with E-state index in [0.717, 1.165) is 0 Å². The van der Waals surface area contributed by atoms with Crippen LogP contribution in [0.5, 0.6) is 0 Å². The SMILES string of the molecule is CCCC(=O)O[C@@H]1[C@H](C(C)C)[C@@H]2[C@H]3C=C(C)[C@H](O)[C@H](OC(C)=O)[C@@H](OC(=O)CCC)[C@]3(C)C[C@H](OC(=O)CC)[C@]2(C)[C@H]1OC(=O)CCC. The van der Waals surface area contributed by atoms with Crippen LogP contribution in [0.4, 0.5) is 0 Å². The fourth-order valence-electron chi connectivity index (χ4n) is 8.62. The van der Waals surface area contributed by atoms with Crippen molar-refractivity contribution in [1.82, 2.24) is 0 Å². The number of aliphatic hydroxyl groups excluding tert-OH is 1. The number of hydrogen-bond donors (Lipinski definition) is 1. The summed E-state index contributed by atoms with van der Waals surface area (Å²) in [4.78, 5) is 65.4. The third kappa shape index (κ3) is 7.76. The van der Waals surface area contributed by atoms with Crippen molar-refractivity contribution in [2.45, 2.75) is 157 Å². The molecule has 3 aliphatic rings. The number of rotatable bonds is 13. The fraction of sp³-hybridized carbons (Fsp3) is 0.811. The second kappa shape index (κ2) is 16.2. The van der Waals surface area contributed by atoms with Gasteiger partial charge in [-0.2, -0.15) is 0 Å². The molecule has 11 heteroatoms. The van der Waals surface area contributed by atoms with E-state index >= 15 is 0 Å². The smallest absolute Gasteiger partial charge is 0.306 e. The quantitative estimate of drug-likeness (QED) is 0.147. The van der Waals surface area contributed by atoms with Gasteiger partial charge in [-0.3, -0.25) is 24.0 Å². The van der Waals surface area contributed by atoms with Gasteiger partial charge in [0.15, 0.2) is 6.10 Å². The van der Waals surface area contributed by atoms with E-state index in [1.165, 1.54) is 6.92 Å². The topological polar surface area (TPSA) is 152 Å². The summed E-state index contributed by atoms with van der Waals surface area (Å²) in [5.74, 6) is -3.94. The Bertz CT molecular complexity index is 1230. The number of ether oxygens (including phenoxy) is 5. The molecular formula is C37H58O11. The zero-order chi connectivity index (χ0) is 36.1. The first-order chi connectivity index (χ1) is 22.5. The third-order valence-corrected chi connectivity index (χ3v) is 10.8. The summed E-state index contributed by atoms with van der Waals surface area (Å²) in [6.07, 6.45) is -2.12. The van der Waals surface area contributed by atoms with Gasteiger partial charge in [-0.05, 0) is 55.9 Å². The van der Waals surface area contributed by atoms with Crippen LogP contribution in [0.15, 0.2) is 11.6 Å². The summed E-state index contributed by atoms with van der Waals surface area (Å²) in [7, 11) is 0.